The van der Waals surface area contributed by atoms with E-state index in [1.165, 1.54) is 60.5 Å². The van der Waals surface area contributed by atoms with Gasteiger partial charge in [0, 0.05) is 67.8 Å². The summed E-state index contributed by atoms with van der Waals surface area (Å²) < 4.78 is 2.92. The van der Waals surface area contributed by atoms with Gasteiger partial charge < -0.3 is 30.0 Å². The average molecular weight is 741 g/mol. The zero-order valence-corrected chi connectivity index (χ0v) is 32.3. The summed E-state index contributed by atoms with van der Waals surface area (Å²) in [5.41, 5.74) is 0.467. The van der Waals surface area contributed by atoms with Crippen molar-refractivity contribution in [3.05, 3.63) is 48.6 Å². The molecule has 292 valence electrons. The number of piperidine rings is 4. The van der Waals surface area contributed by atoms with E-state index in [-0.39, 0.29) is 22.6 Å². The molecule has 12 heteroatoms. The fourth-order valence-electron chi connectivity index (χ4n) is 9.70. The maximum Gasteiger partial charge on any atom is 0.263 e. The molecular weight excluding hydrogens is 681 g/mol. The first-order chi connectivity index (χ1) is 26.5. The standard InChI is InChI=1S/C42H60N8O4/c51-39-31-29-33(43-13-23-45-15-5-1-6-16-45)37-35-32(40(52)49(41(37)53)27-25-47-19-9-3-10-20-47)30-34(44-14-24-46-17-7-2-8-18-46)38(36(31)35)42(54)50(39)28-26-48-21-11-4-12-22-48/h29-30,43,51H,1-28H2. The Morgan fingerprint density at radius 2 is 1.04 bits per heavy atom. The quantitative estimate of drug-likeness (QED) is 0.198. The van der Waals surface area contributed by atoms with Crippen LogP contribution in [-0.2, 0) is 13.1 Å². The minimum Gasteiger partial charge on any atom is -0.494 e. The highest BCUT2D eigenvalue weighted by Gasteiger charge is 2.29. The summed E-state index contributed by atoms with van der Waals surface area (Å²) in [6, 6.07) is 3.65. The molecule has 1 aliphatic carbocycles. The fraction of sp³-hybridized carbons (Fsp3) is 0.667. The van der Waals surface area contributed by atoms with Crippen molar-refractivity contribution in [2.45, 2.75) is 90.1 Å². The van der Waals surface area contributed by atoms with Gasteiger partial charge in [0.15, 0.2) is 0 Å². The Balaban J connectivity index is 1.29. The van der Waals surface area contributed by atoms with Gasteiger partial charge in [0.25, 0.3) is 16.7 Å². The number of nitrogens with one attached hydrogen (secondary N) is 1. The molecule has 0 bridgehead atoms. The summed E-state index contributed by atoms with van der Waals surface area (Å²) in [6.07, 6.45) is 14.2. The highest BCUT2D eigenvalue weighted by molar-refractivity contribution is 6.18. The lowest BCUT2D eigenvalue weighted by molar-refractivity contribution is 0.217. The first-order valence-electron chi connectivity index (χ1n) is 21.2. The Hall–Kier alpha value is -3.58. The molecule has 1 aromatic heterocycles. The number of pyridine rings is 2. The molecule has 0 spiro atoms. The van der Waals surface area contributed by atoms with Crippen molar-refractivity contribution in [3.63, 3.8) is 0 Å². The Kier molecular flexibility index (Phi) is 11.8. The second kappa shape index (κ2) is 17.1. The molecule has 0 atom stereocenters. The minimum atomic E-state index is -0.348. The monoisotopic (exact) mass is 740 g/mol. The second-order valence-corrected chi connectivity index (χ2v) is 16.4. The number of hydrogen-bond donors (Lipinski definition) is 2. The predicted octanol–water partition coefficient (Wildman–Crippen LogP) is 3.62. The zero-order valence-electron chi connectivity index (χ0n) is 32.3. The van der Waals surface area contributed by atoms with E-state index < -0.39 is 0 Å². The van der Waals surface area contributed by atoms with Crippen molar-refractivity contribution < 1.29 is 5.11 Å². The molecule has 12 nitrogen and oxygen atoms in total. The number of likely N-dealkylation sites (tertiary alicyclic amines) is 4. The Morgan fingerprint density at radius 1 is 0.537 bits per heavy atom. The van der Waals surface area contributed by atoms with Gasteiger partial charge >= 0.3 is 0 Å². The first kappa shape index (κ1) is 37.3. The Bertz CT molecular complexity index is 2090. The summed E-state index contributed by atoms with van der Waals surface area (Å²) in [4.78, 5) is 58.6. The molecule has 0 amide bonds. The molecule has 0 saturated carbocycles. The van der Waals surface area contributed by atoms with Crippen LogP contribution in [0.3, 0.4) is 0 Å². The van der Waals surface area contributed by atoms with Crippen LogP contribution < -0.4 is 27.4 Å². The van der Waals surface area contributed by atoms with E-state index in [2.05, 4.69) is 24.9 Å². The van der Waals surface area contributed by atoms with Crippen LogP contribution in [0.25, 0.3) is 32.7 Å². The molecule has 4 fully saturated rings. The number of rotatable bonds is 13. The maximum absolute atomic E-state index is 14.7. The van der Waals surface area contributed by atoms with Crippen LogP contribution in [0.5, 0.6) is 5.88 Å². The number of aromatic nitrogens is 2. The molecule has 2 aromatic rings. The third-order valence-electron chi connectivity index (χ3n) is 12.8. The molecule has 5 aliphatic heterocycles. The molecule has 0 unspecified atom stereocenters. The lowest BCUT2D eigenvalue weighted by Crippen LogP contribution is -2.41. The van der Waals surface area contributed by atoms with Crippen molar-refractivity contribution in [1.82, 2.24) is 28.7 Å². The van der Waals surface area contributed by atoms with Gasteiger partial charge in [-0.15, -0.1) is 0 Å². The van der Waals surface area contributed by atoms with Crippen molar-refractivity contribution in [2.75, 3.05) is 96.9 Å². The van der Waals surface area contributed by atoms with Gasteiger partial charge in [-0.1, -0.05) is 25.7 Å². The number of nitrogens with zero attached hydrogens (tertiary/aromatic N) is 7. The van der Waals surface area contributed by atoms with Gasteiger partial charge in [-0.2, -0.15) is 0 Å². The molecule has 8 rings (SSSR count). The smallest absolute Gasteiger partial charge is 0.263 e. The van der Waals surface area contributed by atoms with Crippen LogP contribution in [0.15, 0.2) is 31.5 Å². The first-order valence-corrected chi connectivity index (χ1v) is 21.2. The van der Waals surface area contributed by atoms with E-state index in [0.29, 0.717) is 83.0 Å². The average Bonchev–Trinajstić information content (AvgIpc) is 3.21. The van der Waals surface area contributed by atoms with Crippen molar-refractivity contribution in [3.8, 4) is 17.0 Å². The molecule has 2 N–H and O–H groups in total. The van der Waals surface area contributed by atoms with Crippen LogP contribution in [0, 0.1) is 0 Å². The number of hydrogen-bond acceptors (Lipinski definition) is 10. The van der Waals surface area contributed by atoms with Gasteiger partial charge in [-0.25, -0.2) is 0 Å². The van der Waals surface area contributed by atoms with Gasteiger partial charge in [0.05, 0.1) is 28.2 Å². The predicted molar refractivity (Wildman–Crippen MR) is 217 cm³/mol. The summed E-state index contributed by atoms with van der Waals surface area (Å²) in [6.45, 7) is 12.8. The number of benzene rings is 2. The molecule has 4 saturated heterocycles. The van der Waals surface area contributed by atoms with Crippen LogP contribution in [-0.4, -0.2) is 125 Å². The summed E-state index contributed by atoms with van der Waals surface area (Å²) in [5, 5.41) is 17.9. The van der Waals surface area contributed by atoms with Gasteiger partial charge in [-0.3, -0.25) is 28.5 Å². The minimum absolute atomic E-state index is 0.112. The van der Waals surface area contributed by atoms with E-state index in [1.54, 1.807) is 6.07 Å². The topological polar surface area (TPSA) is 119 Å². The lowest BCUT2D eigenvalue weighted by atomic mass is 9.89. The Morgan fingerprint density at radius 3 is 1.61 bits per heavy atom. The molecule has 1 aromatic carbocycles. The van der Waals surface area contributed by atoms with Crippen LogP contribution in [0.1, 0.15) is 77.0 Å². The molecular formula is C42H60N8O4. The second-order valence-electron chi connectivity index (χ2n) is 16.4. The third-order valence-corrected chi connectivity index (χ3v) is 12.8. The van der Waals surface area contributed by atoms with Gasteiger partial charge in [0.1, 0.15) is 0 Å². The van der Waals surface area contributed by atoms with Gasteiger partial charge in [-0.05, 0) is 116 Å². The van der Waals surface area contributed by atoms with E-state index in [0.717, 1.165) is 91.1 Å². The summed E-state index contributed by atoms with van der Waals surface area (Å²) in [7, 11) is 0. The van der Waals surface area contributed by atoms with E-state index in [9.17, 15) is 19.5 Å². The van der Waals surface area contributed by atoms with Crippen LogP contribution in [0.2, 0.25) is 0 Å². The highest BCUT2D eigenvalue weighted by Crippen LogP contribution is 2.40. The van der Waals surface area contributed by atoms with E-state index in [1.807, 2.05) is 6.07 Å². The molecule has 6 aliphatic rings. The molecule has 54 heavy (non-hydrogen) atoms. The maximum atomic E-state index is 14.7. The van der Waals surface area contributed by atoms with Gasteiger partial charge in [0.2, 0.25) is 5.88 Å². The molecule has 6 heterocycles. The van der Waals surface area contributed by atoms with Crippen molar-refractivity contribution in [2.24, 2.45) is 4.99 Å². The van der Waals surface area contributed by atoms with Crippen molar-refractivity contribution >= 4 is 27.2 Å². The summed E-state index contributed by atoms with van der Waals surface area (Å²) in [5.74, 6) is -0.112. The third kappa shape index (κ3) is 7.76. The van der Waals surface area contributed by atoms with Crippen LogP contribution in [0.4, 0.5) is 5.69 Å². The number of anilines is 1. The zero-order chi connectivity index (χ0) is 37.0. The molecule has 0 radical (unpaired) electrons. The largest absolute Gasteiger partial charge is 0.494 e. The Labute approximate surface area is 318 Å². The van der Waals surface area contributed by atoms with Crippen molar-refractivity contribution in [1.29, 1.82) is 0 Å². The lowest BCUT2D eigenvalue weighted by Gasteiger charge is -2.28. The fourth-order valence-corrected chi connectivity index (χ4v) is 9.70. The normalized spacial score (nSPS) is 20.6. The summed E-state index contributed by atoms with van der Waals surface area (Å²) >= 11 is 0. The number of aromatic hydroxyl groups is 1. The van der Waals surface area contributed by atoms with Crippen LogP contribution >= 0.6 is 0 Å². The van der Waals surface area contributed by atoms with E-state index in [4.69, 9.17) is 4.99 Å². The van der Waals surface area contributed by atoms with E-state index >= 15 is 0 Å². The highest BCUT2D eigenvalue weighted by atomic mass is 16.3. The SMILES string of the molecule is O=c1c2c(=NCCN3CCCCC3)cc3c(=O)n(CCN4CCCCC4)c(=O)c4c(NCCN5CCCCC5)cc(c(O)n1CCN1CCCCC1)c2c4-3.